The Balaban J connectivity index is 3.07. The molecule has 0 aliphatic heterocycles. The van der Waals surface area contributed by atoms with E-state index in [2.05, 4.69) is 39.0 Å². The van der Waals surface area contributed by atoms with Crippen LogP contribution in [0.25, 0.3) is 0 Å². The van der Waals surface area contributed by atoms with Gasteiger partial charge < -0.3 is 19.1 Å². The van der Waals surface area contributed by atoms with Crippen LogP contribution in [0.15, 0.2) is 17.3 Å². The molecule has 5 nitrogen and oxygen atoms in total. The van der Waals surface area contributed by atoms with Crippen molar-refractivity contribution in [3.05, 3.63) is 12.2 Å². The molecule has 0 bridgehead atoms. The number of nitrogens with zero attached hydrogens (tertiary/aromatic N) is 1. The Bertz CT molecular complexity index is 428. The third-order valence-corrected chi connectivity index (χ3v) is 9.23. The molecule has 1 rings (SSSR count). The molecule has 6 heteroatoms. The lowest BCUT2D eigenvalue weighted by molar-refractivity contribution is -0.0671. The van der Waals surface area contributed by atoms with E-state index in [9.17, 15) is 5.11 Å². The van der Waals surface area contributed by atoms with Crippen molar-refractivity contribution in [1.29, 1.82) is 0 Å². The molecule has 1 aliphatic rings. The van der Waals surface area contributed by atoms with Gasteiger partial charge in [-0.15, -0.1) is 0 Å². The lowest BCUT2D eigenvalue weighted by Crippen LogP contribution is -2.55. The van der Waals surface area contributed by atoms with Gasteiger partial charge in [-0.2, -0.15) is 0 Å². The van der Waals surface area contributed by atoms with Crippen LogP contribution < -0.4 is 0 Å². The zero-order chi connectivity index (χ0) is 17.1. The van der Waals surface area contributed by atoms with E-state index in [1.807, 2.05) is 13.0 Å². The zero-order valence-corrected chi connectivity index (χ0v) is 16.1. The van der Waals surface area contributed by atoms with Crippen molar-refractivity contribution in [2.45, 2.75) is 64.1 Å². The normalized spacial score (nSPS) is 30.5. The Kier molecular flexibility index (Phi) is 6.38. The van der Waals surface area contributed by atoms with Crippen molar-refractivity contribution in [2.24, 2.45) is 11.1 Å². The van der Waals surface area contributed by atoms with Crippen molar-refractivity contribution in [1.82, 2.24) is 0 Å². The van der Waals surface area contributed by atoms with Crippen LogP contribution in [0.2, 0.25) is 18.1 Å². The Morgan fingerprint density at radius 1 is 1.14 bits per heavy atom. The van der Waals surface area contributed by atoms with Crippen LogP contribution in [-0.2, 0) is 14.0 Å². The van der Waals surface area contributed by atoms with Gasteiger partial charge in [0.15, 0.2) is 8.32 Å². The molecule has 0 unspecified atom stereocenters. The van der Waals surface area contributed by atoms with Crippen molar-refractivity contribution in [2.75, 3.05) is 14.2 Å². The van der Waals surface area contributed by atoms with Crippen molar-refractivity contribution >= 4 is 14.0 Å². The van der Waals surface area contributed by atoms with Crippen LogP contribution in [0.5, 0.6) is 0 Å². The highest BCUT2D eigenvalue weighted by Gasteiger charge is 2.45. The Morgan fingerprint density at radius 2 is 1.73 bits per heavy atom. The molecule has 0 aromatic carbocycles. The molecule has 0 aromatic heterocycles. The average molecular weight is 330 g/mol. The topological polar surface area (TPSA) is 60.3 Å². The molecule has 0 aromatic rings. The molecule has 0 fully saturated rings. The summed E-state index contributed by atoms with van der Waals surface area (Å²) < 4.78 is 12.1. The summed E-state index contributed by atoms with van der Waals surface area (Å²) in [5.41, 5.74) is 0.807. The fraction of sp³-hybridized carbons (Fsp3) is 0.812. The first kappa shape index (κ1) is 19.4. The number of hydrogen-bond donors (Lipinski definition) is 1. The number of oxime groups is 1. The highest BCUT2D eigenvalue weighted by Crippen LogP contribution is 2.39. The van der Waals surface area contributed by atoms with E-state index < -0.39 is 20.5 Å². The van der Waals surface area contributed by atoms with Crippen LogP contribution in [0.1, 0.15) is 27.7 Å². The van der Waals surface area contributed by atoms with Crippen LogP contribution >= 0.6 is 0 Å². The molecule has 0 saturated heterocycles. The van der Waals surface area contributed by atoms with Crippen molar-refractivity contribution < 1.29 is 19.1 Å². The van der Waals surface area contributed by atoms with Crippen molar-refractivity contribution in [3.8, 4) is 0 Å². The summed E-state index contributed by atoms with van der Waals surface area (Å²) >= 11 is 0. The molecule has 1 N–H and O–H groups in total. The van der Waals surface area contributed by atoms with E-state index in [-0.39, 0.29) is 17.1 Å². The van der Waals surface area contributed by atoms with Gasteiger partial charge in [-0.1, -0.05) is 38.1 Å². The first-order valence-electron chi connectivity index (χ1n) is 7.70. The molecule has 0 spiro atoms. The fourth-order valence-corrected chi connectivity index (χ4v) is 3.68. The minimum Gasteiger partial charge on any atom is -0.408 e. The van der Waals surface area contributed by atoms with E-state index >= 15 is 0 Å². The first-order chi connectivity index (χ1) is 10.0. The van der Waals surface area contributed by atoms with Gasteiger partial charge in [-0.3, -0.25) is 0 Å². The number of hydrogen-bond acceptors (Lipinski definition) is 5. The highest BCUT2D eigenvalue weighted by atomic mass is 28.4. The van der Waals surface area contributed by atoms with Gasteiger partial charge in [0, 0.05) is 13.0 Å². The molecule has 1 aliphatic carbocycles. The standard InChI is InChI=1S/C16H31NO4Si/c1-11(17-20-6)12-9-10-13(18)15(14(12)19-5)21-22(7,8)16(2,3)4/h9-10,12-15,18H,1-8H3/b17-11+/t12-,13+,14-,15-/m0/s1. The third-order valence-electron chi connectivity index (χ3n) is 4.76. The summed E-state index contributed by atoms with van der Waals surface area (Å²) in [7, 11) is 1.15. The summed E-state index contributed by atoms with van der Waals surface area (Å²) in [6, 6.07) is 0. The van der Waals surface area contributed by atoms with Gasteiger partial charge in [0.05, 0.1) is 17.9 Å². The summed E-state index contributed by atoms with van der Waals surface area (Å²) in [5.74, 6) is -0.0666. The first-order valence-corrected chi connectivity index (χ1v) is 10.6. The molecular formula is C16H31NO4Si. The second-order valence-corrected chi connectivity index (χ2v) is 12.1. The monoisotopic (exact) mass is 329 g/mol. The van der Waals surface area contributed by atoms with E-state index in [4.69, 9.17) is 14.0 Å². The summed E-state index contributed by atoms with van der Waals surface area (Å²) in [5, 5.41) is 14.5. The molecule has 0 heterocycles. The van der Waals surface area contributed by atoms with Crippen molar-refractivity contribution in [3.63, 3.8) is 0 Å². The summed E-state index contributed by atoms with van der Waals surface area (Å²) in [4.78, 5) is 4.87. The van der Waals surface area contributed by atoms with E-state index in [1.54, 1.807) is 13.2 Å². The fourth-order valence-electron chi connectivity index (χ4n) is 2.37. The predicted molar refractivity (Wildman–Crippen MR) is 91.6 cm³/mol. The largest absolute Gasteiger partial charge is 0.408 e. The van der Waals surface area contributed by atoms with Gasteiger partial charge in [0.25, 0.3) is 0 Å². The maximum absolute atomic E-state index is 10.4. The smallest absolute Gasteiger partial charge is 0.192 e. The maximum atomic E-state index is 10.4. The van der Waals surface area contributed by atoms with Gasteiger partial charge in [0.1, 0.15) is 13.2 Å². The van der Waals surface area contributed by atoms with Crippen LogP contribution in [-0.4, -0.2) is 51.7 Å². The molecule has 22 heavy (non-hydrogen) atoms. The minimum absolute atomic E-state index is 0.0666. The SMILES string of the molecule is CO/N=C(\C)[C@@H]1C=C[C@@H](O)[C@H](O[Si](C)(C)C(C)(C)C)[C@H]1OC. The molecule has 128 valence electrons. The average Bonchev–Trinajstić information content (AvgIpc) is 2.39. The molecule has 0 saturated carbocycles. The van der Waals surface area contributed by atoms with Crippen LogP contribution in [0.4, 0.5) is 0 Å². The van der Waals surface area contributed by atoms with Gasteiger partial charge in [0.2, 0.25) is 0 Å². The maximum Gasteiger partial charge on any atom is 0.192 e. The lowest BCUT2D eigenvalue weighted by Gasteiger charge is -2.44. The Hall–Kier alpha value is -0.693. The number of aliphatic hydroxyl groups is 1. The minimum atomic E-state index is -2.02. The quantitative estimate of drug-likeness (QED) is 0.365. The zero-order valence-electron chi connectivity index (χ0n) is 15.1. The van der Waals surface area contributed by atoms with Gasteiger partial charge in [-0.25, -0.2) is 0 Å². The van der Waals surface area contributed by atoms with E-state index in [0.29, 0.717) is 0 Å². The van der Waals surface area contributed by atoms with E-state index in [0.717, 1.165) is 5.71 Å². The Labute approximate surface area is 135 Å². The number of aliphatic hydroxyl groups excluding tert-OH is 1. The van der Waals surface area contributed by atoms with E-state index in [1.165, 1.54) is 7.11 Å². The molecule has 0 amide bonds. The highest BCUT2D eigenvalue weighted by molar-refractivity contribution is 6.74. The number of ether oxygens (including phenoxy) is 1. The summed E-state index contributed by atoms with van der Waals surface area (Å²) in [6.45, 7) is 12.8. The third kappa shape index (κ3) is 4.19. The number of rotatable bonds is 5. The molecule has 0 radical (unpaired) electrons. The second-order valence-electron chi connectivity index (χ2n) is 7.36. The number of methoxy groups -OCH3 is 1. The molecule has 4 atom stereocenters. The van der Waals surface area contributed by atoms with Crippen LogP contribution in [0.3, 0.4) is 0 Å². The van der Waals surface area contributed by atoms with Crippen LogP contribution in [0, 0.1) is 5.92 Å². The Morgan fingerprint density at radius 3 is 2.18 bits per heavy atom. The lowest BCUT2D eigenvalue weighted by atomic mass is 9.86. The molecular weight excluding hydrogens is 298 g/mol. The van der Waals surface area contributed by atoms with Gasteiger partial charge in [-0.05, 0) is 25.1 Å². The van der Waals surface area contributed by atoms with Gasteiger partial charge >= 0.3 is 0 Å². The predicted octanol–water partition coefficient (Wildman–Crippen LogP) is 2.96. The second kappa shape index (κ2) is 7.25. The summed E-state index contributed by atoms with van der Waals surface area (Å²) in [6.07, 6.45) is 2.33.